The number of aromatic amines is 1. The van der Waals surface area contributed by atoms with Crippen molar-refractivity contribution >= 4 is 27.5 Å². The van der Waals surface area contributed by atoms with Crippen LogP contribution < -0.4 is 5.56 Å². The Morgan fingerprint density at radius 2 is 1.66 bits per heavy atom. The van der Waals surface area contributed by atoms with Crippen molar-refractivity contribution in [1.82, 2.24) is 14.2 Å². The van der Waals surface area contributed by atoms with Gasteiger partial charge in [0.05, 0.1) is 9.92 Å². The molecule has 2 aromatic carbocycles. The van der Waals surface area contributed by atoms with Crippen LogP contribution in [0.3, 0.4) is 0 Å². The molecule has 1 amide bonds. The van der Waals surface area contributed by atoms with E-state index < -0.39 is 27.3 Å². The second kappa shape index (κ2) is 8.85. The van der Waals surface area contributed by atoms with E-state index in [-0.39, 0.29) is 41.7 Å². The van der Waals surface area contributed by atoms with Crippen LogP contribution in [0.2, 0.25) is 5.02 Å². The van der Waals surface area contributed by atoms with Gasteiger partial charge in [0.2, 0.25) is 10.0 Å². The Labute approximate surface area is 189 Å². The third-order valence-corrected chi connectivity index (χ3v) is 7.46. The second-order valence-electron chi connectivity index (χ2n) is 7.25. The molecular formula is C22H19ClFN3O4S. The SMILES string of the molecule is O=C(c1ccc(-c2ccccc2)[nH]c1=O)N1CCN(S(=O)(=O)c2ccc(F)c(Cl)c2)CC1. The van der Waals surface area contributed by atoms with Gasteiger partial charge in [-0.3, -0.25) is 9.59 Å². The summed E-state index contributed by atoms with van der Waals surface area (Å²) in [5.74, 6) is -1.17. The van der Waals surface area contributed by atoms with Crippen LogP contribution in [0.25, 0.3) is 11.3 Å². The zero-order valence-corrected chi connectivity index (χ0v) is 18.4. The lowest BCUT2D eigenvalue weighted by Crippen LogP contribution is -2.51. The van der Waals surface area contributed by atoms with Crippen LogP contribution in [0.4, 0.5) is 4.39 Å². The van der Waals surface area contributed by atoms with Gasteiger partial charge in [-0.25, -0.2) is 12.8 Å². The predicted molar refractivity (Wildman–Crippen MR) is 119 cm³/mol. The van der Waals surface area contributed by atoms with Gasteiger partial charge >= 0.3 is 0 Å². The molecule has 7 nitrogen and oxygen atoms in total. The lowest BCUT2D eigenvalue weighted by Gasteiger charge is -2.34. The molecule has 1 aromatic heterocycles. The van der Waals surface area contributed by atoms with Crippen molar-refractivity contribution in [3.63, 3.8) is 0 Å². The lowest BCUT2D eigenvalue weighted by molar-refractivity contribution is 0.0696. The molecule has 1 aliphatic heterocycles. The van der Waals surface area contributed by atoms with E-state index in [1.54, 1.807) is 6.07 Å². The van der Waals surface area contributed by atoms with Crippen LogP contribution in [-0.2, 0) is 10.0 Å². The summed E-state index contributed by atoms with van der Waals surface area (Å²) >= 11 is 5.71. The van der Waals surface area contributed by atoms with Crippen molar-refractivity contribution in [3.05, 3.63) is 87.4 Å². The fourth-order valence-corrected chi connectivity index (χ4v) is 5.21. The van der Waals surface area contributed by atoms with Crippen LogP contribution in [0, 0.1) is 5.82 Å². The van der Waals surface area contributed by atoms with Crippen molar-refractivity contribution in [1.29, 1.82) is 0 Å². The summed E-state index contributed by atoms with van der Waals surface area (Å²) in [6.45, 7) is 0.325. The number of aromatic nitrogens is 1. The summed E-state index contributed by atoms with van der Waals surface area (Å²) in [6, 6.07) is 15.6. The average Bonchev–Trinajstić information content (AvgIpc) is 2.81. The fraction of sp³-hybridized carbons (Fsp3) is 0.182. The number of H-pyrrole nitrogens is 1. The van der Waals surface area contributed by atoms with E-state index in [1.165, 1.54) is 15.3 Å². The number of carbonyl (C=O) groups is 1. The van der Waals surface area contributed by atoms with E-state index in [0.29, 0.717) is 5.69 Å². The van der Waals surface area contributed by atoms with E-state index in [0.717, 1.165) is 23.8 Å². The molecule has 0 unspecified atom stereocenters. The van der Waals surface area contributed by atoms with Gasteiger partial charge in [-0.2, -0.15) is 4.31 Å². The number of hydrogen-bond acceptors (Lipinski definition) is 4. The molecule has 0 atom stereocenters. The summed E-state index contributed by atoms with van der Waals surface area (Å²) in [6.07, 6.45) is 0. The topological polar surface area (TPSA) is 90.6 Å². The Morgan fingerprint density at radius 1 is 0.969 bits per heavy atom. The number of sulfonamides is 1. The predicted octanol–water partition coefficient (Wildman–Crippen LogP) is 2.98. The smallest absolute Gasteiger partial charge is 0.261 e. The molecule has 2 heterocycles. The summed E-state index contributed by atoms with van der Waals surface area (Å²) in [5.41, 5.74) is 0.906. The maximum atomic E-state index is 13.4. The van der Waals surface area contributed by atoms with E-state index >= 15 is 0 Å². The molecule has 1 aliphatic rings. The number of halogens is 2. The van der Waals surface area contributed by atoms with Crippen molar-refractivity contribution in [3.8, 4) is 11.3 Å². The molecular weight excluding hydrogens is 457 g/mol. The van der Waals surface area contributed by atoms with Gasteiger partial charge < -0.3 is 9.88 Å². The first-order valence-electron chi connectivity index (χ1n) is 9.80. The molecule has 1 N–H and O–H groups in total. The minimum Gasteiger partial charge on any atom is -0.336 e. The highest BCUT2D eigenvalue weighted by Crippen LogP contribution is 2.23. The van der Waals surface area contributed by atoms with E-state index in [9.17, 15) is 22.4 Å². The van der Waals surface area contributed by atoms with Gasteiger partial charge in [-0.1, -0.05) is 41.9 Å². The number of nitrogens with zero attached hydrogens (tertiary/aromatic N) is 2. The third kappa shape index (κ3) is 4.32. The van der Waals surface area contributed by atoms with Gasteiger partial charge in [0.1, 0.15) is 11.4 Å². The number of piperazine rings is 1. The Morgan fingerprint density at radius 3 is 2.28 bits per heavy atom. The number of carbonyl (C=O) groups excluding carboxylic acids is 1. The van der Waals surface area contributed by atoms with Gasteiger partial charge in [0.15, 0.2) is 0 Å². The number of amides is 1. The van der Waals surface area contributed by atoms with Gasteiger partial charge in [0, 0.05) is 31.9 Å². The zero-order valence-electron chi connectivity index (χ0n) is 16.8. The van der Waals surface area contributed by atoms with Crippen LogP contribution in [0.15, 0.2) is 70.4 Å². The largest absolute Gasteiger partial charge is 0.336 e. The lowest BCUT2D eigenvalue weighted by atomic mass is 10.1. The molecule has 0 radical (unpaired) electrons. The molecule has 1 fully saturated rings. The molecule has 0 saturated carbocycles. The van der Waals surface area contributed by atoms with Crippen molar-refractivity contribution in [2.24, 2.45) is 0 Å². The average molecular weight is 476 g/mol. The Kier molecular flexibility index (Phi) is 6.14. The highest BCUT2D eigenvalue weighted by Gasteiger charge is 2.31. The Hall–Kier alpha value is -3.01. The molecule has 3 aromatic rings. The quantitative estimate of drug-likeness (QED) is 0.628. The first-order chi connectivity index (χ1) is 15.3. The summed E-state index contributed by atoms with van der Waals surface area (Å²) in [5, 5.41) is -0.280. The van der Waals surface area contributed by atoms with Crippen LogP contribution >= 0.6 is 11.6 Å². The van der Waals surface area contributed by atoms with Gasteiger partial charge in [-0.05, 0) is 35.9 Å². The van der Waals surface area contributed by atoms with Gasteiger partial charge in [0.25, 0.3) is 11.5 Å². The van der Waals surface area contributed by atoms with Crippen LogP contribution in [0.5, 0.6) is 0 Å². The van der Waals surface area contributed by atoms with Crippen LogP contribution in [0.1, 0.15) is 10.4 Å². The standard InChI is InChI=1S/C22H19ClFN3O4S/c23-18-14-16(6-8-19(18)24)32(30,31)27-12-10-26(11-13-27)22(29)17-7-9-20(25-21(17)28)15-4-2-1-3-5-15/h1-9,14H,10-13H2,(H,25,28). The number of nitrogens with one attached hydrogen (secondary N) is 1. The second-order valence-corrected chi connectivity index (χ2v) is 9.60. The zero-order chi connectivity index (χ0) is 22.9. The highest BCUT2D eigenvalue weighted by molar-refractivity contribution is 7.89. The fourth-order valence-electron chi connectivity index (χ4n) is 3.52. The Bertz CT molecular complexity index is 1320. The number of rotatable bonds is 4. The van der Waals surface area contributed by atoms with Crippen molar-refractivity contribution in [2.75, 3.05) is 26.2 Å². The molecule has 0 spiro atoms. The first kappa shape index (κ1) is 22.2. The molecule has 32 heavy (non-hydrogen) atoms. The minimum absolute atomic E-state index is 0.00805. The number of hydrogen-bond donors (Lipinski definition) is 1. The Balaban J connectivity index is 1.47. The minimum atomic E-state index is -3.88. The number of pyridine rings is 1. The molecule has 10 heteroatoms. The van der Waals surface area contributed by atoms with Crippen LogP contribution in [-0.4, -0.2) is 54.7 Å². The highest BCUT2D eigenvalue weighted by atomic mass is 35.5. The van der Waals surface area contributed by atoms with E-state index in [2.05, 4.69) is 4.98 Å². The third-order valence-electron chi connectivity index (χ3n) is 5.28. The molecule has 166 valence electrons. The molecule has 0 bridgehead atoms. The summed E-state index contributed by atoms with van der Waals surface area (Å²) < 4.78 is 40.2. The number of benzene rings is 2. The molecule has 4 rings (SSSR count). The molecule has 1 saturated heterocycles. The molecule has 0 aliphatic carbocycles. The maximum Gasteiger partial charge on any atom is 0.261 e. The first-order valence-corrected chi connectivity index (χ1v) is 11.6. The van der Waals surface area contributed by atoms with Crippen molar-refractivity contribution in [2.45, 2.75) is 4.90 Å². The van der Waals surface area contributed by atoms with Crippen molar-refractivity contribution < 1.29 is 17.6 Å². The summed E-state index contributed by atoms with van der Waals surface area (Å²) in [7, 11) is -3.88. The van der Waals surface area contributed by atoms with E-state index in [4.69, 9.17) is 11.6 Å². The normalized spacial score (nSPS) is 15.0. The van der Waals surface area contributed by atoms with Gasteiger partial charge in [-0.15, -0.1) is 0 Å². The maximum absolute atomic E-state index is 13.4. The van der Waals surface area contributed by atoms with E-state index in [1.807, 2.05) is 30.3 Å². The summed E-state index contributed by atoms with van der Waals surface area (Å²) in [4.78, 5) is 29.4. The monoisotopic (exact) mass is 475 g/mol.